The molecule has 128 valence electrons. The zero-order chi connectivity index (χ0) is 17.1. The molecule has 1 N–H and O–H groups in total. The van der Waals surface area contributed by atoms with E-state index in [1.54, 1.807) is 0 Å². The fourth-order valence-electron chi connectivity index (χ4n) is 2.63. The van der Waals surface area contributed by atoms with Crippen molar-refractivity contribution in [2.45, 2.75) is 43.3 Å². The summed E-state index contributed by atoms with van der Waals surface area (Å²) in [4.78, 5) is 12.3. The van der Waals surface area contributed by atoms with E-state index in [4.69, 9.17) is 0 Å². The Morgan fingerprint density at radius 3 is 2.71 bits per heavy atom. The van der Waals surface area contributed by atoms with Crippen LogP contribution in [0.2, 0.25) is 0 Å². The molecule has 0 saturated heterocycles. The van der Waals surface area contributed by atoms with Crippen LogP contribution in [0.1, 0.15) is 49.5 Å². The second-order valence-corrected chi connectivity index (χ2v) is 7.90. The topological polar surface area (TPSA) is 59.8 Å². The molecule has 24 heavy (non-hydrogen) atoms. The Bertz CT molecular complexity index is 712. The maximum Gasteiger partial charge on any atom is 0.230 e. The van der Waals surface area contributed by atoms with Crippen molar-refractivity contribution in [1.29, 1.82) is 0 Å². The van der Waals surface area contributed by atoms with Crippen molar-refractivity contribution in [3.05, 3.63) is 40.1 Å². The lowest BCUT2D eigenvalue weighted by atomic mass is 10.0. The quantitative estimate of drug-likeness (QED) is 0.707. The monoisotopic (exact) mass is 408 g/mol. The highest BCUT2D eigenvalue weighted by Gasteiger charge is 2.29. The summed E-state index contributed by atoms with van der Waals surface area (Å²) in [7, 11) is 1.98. The first-order chi connectivity index (χ1) is 11.6. The van der Waals surface area contributed by atoms with E-state index in [1.807, 2.05) is 35.9 Å². The Morgan fingerprint density at radius 2 is 2.08 bits per heavy atom. The molecule has 2 aromatic rings. The number of hydrogen-bond donors (Lipinski definition) is 1. The molecule has 7 heteroatoms. The minimum atomic E-state index is 0.0192. The Kier molecular flexibility index (Phi) is 5.61. The molecule has 0 spiro atoms. The van der Waals surface area contributed by atoms with Crippen LogP contribution in [-0.4, -0.2) is 26.4 Å². The molecule has 1 aliphatic carbocycles. The third-order valence-corrected chi connectivity index (χ3v) is 5.71. The minimum Gasteiger partial charge on any atom is -0.349 e. The first-order valence-corrected chi connectivity index (χ1v) is 9.93. The molecule has 1 aromatic heterocycles. The Hall–Kier alpha value is -1.34. The van der Waals surface area contributed by atoms with Gasteiger partial charge in [-0.3, -0.25) is 4.79 Å². The average Bonchev–Trinajstić information content (AvgIpc) is 3.35. The van der Waals surface area contributed by atoms with Gasteiger partial charge in [0.15, 0.2) is 5.16 Å². The van der Waals surface area contributed by atoms with Gasteiger partial charge in [-0.25, -0.2) is 0 Å². The van der Waals surface area contributed by atoms with Gasteiger partial charge in [-0.1, -0.05) is 46.7 Å². The van der Waals surface area contributed by atoms with Crippen LogP contribution in [0.3, 0.4) is 0 Å². The molecule has 0 unspecified atom stereocenters. The second-order valence-electron chi connectivity index (χ2n) is 6.04. The number of benzene rings is 1. The Labute approximate surface area is 154 Å². The Morgan fingerprint density at radius 1 is 1.38 bits per heavy atom. The summed E-state index contributed by atoms with van der Waals surface area (Å²) in [5.74, 6) is 1.97. The highest BCUT2D eigenvalue weighted by atomic mass is 79.9. The number of carbonyl (C=O) groups excluding carboxylic acids is 1. The van der Waals surface area contributed by atoms with E-state index < -0.39 is 0 Å². The second kappa shape index (κ2) is 7.70. The molecule has 0 radical (unpaired) electrons. The average molecular weight is 409 g/mol. The van der Waals surface area contributed by atoms with E-state index >= 15 is 0 Å². The molecule has 1 aromatic carbocycles. The third-order valence-electron chi connectivity index (χ3n) is 4.16. The number of halogens is 1. The number of rotatable bonds is 7. The molecule has 5 nitrogen and oxygen atoms in total. The molecule has 1 fully saturated rings. The van der Waals surface area contributed by atoms with Crippen LogP contribution in [0.4, 0.5) is 0 Å². The van der Waals surface area contributed by atoms with Crippen LogP contribution in [0.25, 0.3) is 0 Å². The van der Waals surface area contributed by atoms with Gasteiger partial charge in [0.2, 0.25) is 5.91 Å². The first kappa shape index (κ1) is 17.5. The number of nitrogens with zero attached hydrogens (tertiary/aromatic N) is 3. The van der Waals surface area contributed by atoms with Crippen LogP contribution in [0, 0.1) is 0 Å². The number of nitrogens with one attached hydrogen (secondary N) is 1. The van der Waals surface area contributed by atoms with Gasteiger partial charge in [0.25, 0.3) is 0 Å². The van der Waals surface area contributed by atoms with Gasteiger partial charge in [0.1, 0.15) is 5.82 Å². The molecule has 1 amide bonds. The predicted molar refractivity (Wildman–Crippen MR) is 99.0 cm³/mol. The fraction of sp³-hybridized carbons (Fsp3) is 0.471. The standard InChI is InChI=1S/C17H21BrN4OS/c1-3-14(11-6-8-13(18)9-7-11)19-15(23)10-24-17-21-20-16(22(17)2)12-4-5-12/h6-9,12,14H,3-5,10H2,1-2H3,(H,19,23)/t14-/m1/s1. The number of amides is 1. The van der Waals surface area contributed by atoms with Crippen molar-refractivity contribution in [3.8, 4) is 0 Å². The van der Waals surface area contributed by atoms with Crippen molar-refractivity contribution in [1.82, 2.24) is 20.1 Å². The van der Waals surface area contributed by atoms with Gasteiger partial charge in [-0.15, -0.1) is 10.2 Å². The van der Waals surface area contributed by atoms with Gasteiger partial charge in [0, 0.05) is 17.4 Å². The van der Waals surface area contributed by atoms with Crippen LogP contribution in [0.15, 0.2) is 33.9 Å². The molecule has 1 atom stereocenters. The van der Waals surface area contributed by atoms with E-state index in [1.165, 1.54) is 24.6 Å². The van der Waals surface area contributed by atoms with Gasteiger partial charge < -0.3 is 9.88 Å². The number of hydrogen-bond acceptors (Lipinski definition) is 4. The van der Waals surface area contributed by atoms with Crippen LogP contribution < -0.4 is 5.32 Å². The maximum absolute atomic E-state index is 12.3. The highest BCUT2D eigenvalue weighted by Crippen LogP contribution is 2.39. The lowest BCUT2D eigenvalue weighted by Gasteiger charge is -2.17. The summed E-state index contributed by atoms with van der Waals surface area (Å²) < 4.78 is 3.05. The van der Waals surface area contributed by atoms with Gasteiger partial charge in [-0.05, 0) is 37.0 Å². The van der Waals surface area contributed by atoms with Gasteiger partial charge >= 0.3 is 0 Å². The molecule has 0 bridgehead atoms. The summed E-state index contributed by atoms with van der Waals surface area (Å²) in [6, 6.07) is 8.11. The smallest absolute Gasteiger partial charge is 0.230 e. The molecule has 1 saturated carbocycles. The zero-order valence-electron chi connectivity index (χ0n) is 13.8. The van der Waals surface area contributed by atoms with Crippen molar-refractivity contribution >= 4 is 33.6 Å². The maximum atomic E-state index is 12.3. The van der Waals surface area contributed by atoms with Crippen LogP contribution in [-0.2, 0) is 11.8 Å². The number of aromatic nitrogens is 3. The normalized spacial score (nSPS) is 15.3. The van der Waals surface area contributed by atoms with E-state index in [-0.39, 0.29) is 11.9 Å². The van der Waals surface area contributed by atoms with E-state index in [0.29, 0.717) is 11.7 Å². The summed E-state index contributed by atoms with van der Waals surface area (Å²) in [6.07, 6.45) is 3.25. The van der Waals surface area contributed by atoms with Gasteiger partial charge in [-0.2, -0.15) is 0 Å². The molecule has 3 rings (SSSR count). The lowest BCUT2D eigenvalue weighted by molar-refractivity contribution is -0.119. The van der Waals surface area contributed by atoms with Crippen molar-refractivity contribution in [3.63, 3.8) is 0 Å². The largest absolute Gasteiger partial charge is 0.349 e. The third kappa shape index (κ3) is 4.19. The van der Waals surface area contributed by atoms with Crippen molar-refractivity contribution in [2.75, 3.05) is 5.75 Å². The zero-order valence-corrected chi connectivity index (χ0v) is 16.2. The molecular weight excluding hydrogens is 388 g/mol. The molecule has 0 aliphatic heterocycles. The minimum absolute atomic E-state index is 0.0192. The van der Waals surface area contributed by atoms with Crippen molar-refractivity contribution < 1.29 is 4.79 Å². The van der Waals surface area contributed by atoms with E-state index in [2.05, 4.69) is 38.4 Å². The first-order valence-electron chi connectivity index (χ1n) is 8.15. The molecule has 1 aliphatic rings. The summed E-state index contributed by atoms with van der Waals surface area (Å²) >= 11 is 4.88. The highest BCUT2D eigenvalue weighted by molar-refractivity contribution is 9.10. The predicted octanol–water partition coefficient (Wildman–Crippen LogP) is 3.81. The number of thioether (sulfide) groups is 1. The summed E-state index contributed by atoms with van der Waals surface area (Å²) in [6.45, 7) is 2.07. The summed E-state index contributed by atoms with van der Waals surface area (Å²) in [5, 5.41) is 12.4. The fourth-order valence-corrected chi connectivity index (χ4v) is 3.62. The molecular formula is C17H21BrN4OS. The van der Waals surface area contributed by atoms with Crippen LogP contribution in [0.5, 0.6) is 0 Å². The SMILES string of the molecule is CC[C@@H](NC(=O)CSc1nnc(C2CC2)n1C)c1ccc(Br)cc1. The number of carbonyl (C=O) groups is 1. The van der Waals surface area contributed by atoms with Gasteiger partial charge in [0.05, 0.1) is 11.8 Å². The Balaban J connectivity index is 1.55. The van der Waals surface area contributed by atoms with Crippen molar-refractivity contribution in [2.24, 2.45) is 7.05 Å². The van der Waals surface area contributed by atoms with E-state index in [9.17, 15) is 4.79 Å². The molecule has 1 heterocycles. The van der Waals surface area contributed by atoms with Crippen LogP contribution >= 0.6 is 27.7 Å². The lowest BCUT2D eigenvalue weighted by Crippen LogP contribution is -2.29. The summed E-state index contributed by atoms with van der Waals surface area (Å²) in [5.41, 5.74) is 1.12. The van der Waals surface area contributed by atoms with E-state index in [0.717, 1.165) is 27.4 Å².